The average Bonchev–Trinajstić information content (AvgIpc) is 2.66. The molecule has 0 saturated carbocycles. The van der Waals surface area contributed by atoms with Gasteiger partial charge in [0.2, 0.25) is 0 Å². The number of rotatable bonds is 5. The molecule has 0 aliphatic rings. The first kappa shape index (κ1) is 18.5. The smallest absolute Gasteiger partial charge is 0.393 e. The van der Waals surface area contributed by atoms with Gasteiger partial charge in [-0.05, 0) is 31.2 Å². The lowest BCUT2D eigenvalue weighted by molar-refractivity contribution is -0.136. The summed E-state index contributed by atoms with van der Waals surface area (Å²) in [6.07, 6.45) is -3.22. The Hall–Kier alpha value is -3.29. The molecular formula is C19H18F3N5. The van der Waals surface area contributed by atoms with Gasteiger partial charge >= 0.3 is 6.18 Å². The maximum atomic E-state index is 13.2. The van der Waals surface area contributed by atoms with Crippen molar-refractivity contribution in [2.24, 2.45) is 0 Å². The molecule has 3 N–H and O–H groups in total. The molecule has 0 radical (unpaired) electrons. The first-order chi connectivity index (χ1) is 12.9. The van der Waals surface area contributed by atoms with Gasteiger partial charge in [0.25, 0.3) is 0 Å². The predicted molar refractivity (Wildman–Crippen MR) is 100 cm³/mol. The Morgan fingerprint density at radius 1 is 1.00 bits per heavy atom. The number of nitrogens with zero attached hydrogens (tertiary/aromatic N) is 3. The lowest BCUT2D eigenvalue weighted by atomic mass is 10.1. The first-order valence-corrected chi connectivity index (χ1v) is 8.28. The van der Waals surface area contributed by atoms with Gasteiger partial charge in [-0.25, -0.2) is 9.97 Å². The van der Waals surface area contributed by atoms with E-state index in [9.17, 15) is 13.2 Å². The number of nitrogens with two attached hydrogens (primary N) is 1. The third kappa shape index (κ3) is 3.94. The highest BCUT2D eigenvalue weighted by Gasteiger charge is 2.33. The molecule has 27 heavy (non-hydrogen) atoms. The summed E-state index contributed by atoms with van der Waals surface area (Å²) in [5, 5.41) is 2.70. The fourth-order valence-corrected chi connectivity index (χ4v) is 2.73. The third-order valence-electron chi connectivity index (χ3n) is 3.99. The van der Waals surface area contributed by atoms with Crippen LogP contribution in [0.2, 0.25) is 0 Å². The molecule has 0 amide bonds. The van der Waals surface area contributed by atoms with Gasteiger partial charge in [-0.1, -0.05) is 30.3 Å². The molecule has 1 aromatic heterocycles. The second kappa shape index (κ2) is 7.53. The highest BCUT2D eigenvalue weighted by atomic mass is 19.4. The largest absolute Gasteiger partial charge is 0.418 e. The zero-order valence-electron chi connectivity index (χ0n) is 14.5. The monoisotopic (exact) mass is 373 g/mol. The minimum Gasteiger partial charge on any atom is -0.393 e. The summed E-state index contributed by atoms with van der Waals surface area (Å²) < 4.78 is 39.7. The van der Waals surface area contributed by atoms with Crippen LogP contribution in [0.4, 0.5) is 41.9 Å². The Bertz CT molecular complexity index is 913. The van der Waals surface area contributed by atoms with Crippen molar-refractivity contribution < 1.29 is 13.2 Å². The van der Waals surface area contributed by atoms with Crippen LogP contribution in [0.1, 0.15) is 12.5 Å². The number of alkyl halides is 3. The number of benzene rings is 2. The van der Waals surface area contributed by atoms with Crippen LogP contribution in [0.25, 0.3) is 0 Å². The molecule has 140 valence electrons. The van der Waals surface area contributed by atoms with Gasteiger partial charge in [-0.2, -0.15) is 13.2 Å². The van der Waals surface area contributed by atoms with Gasteiger partial charge in [0.15, 0.2) is 11.6 Å². The molecular weight excluding hydrogens is 355 g/mol. The summed E-state index contributed by atoms with van der Waals surface area (Å²) in [4.78, 5) is 10.1. The molecule has 0 fully saturated rings. The molecule has 0 aliphatic heterocycles. The van der Waals surface area contributed by atoms with Crippen LogP contribution < -0.4 is 16.0 Å². The molecule has 0 bridgehead atoms. The first-order valence-electron chi connectivity index (χ1n) is 8.28. The van der Waals surface area contributed by atoms with E-state index in [4.69, 9.17) is 5.73 Å². The molecule has 1 heterocycles. The lowest BCUT2D eigenvalue weighted by Crippen LogP contribution is -2.20. The highest BCUT2D eigenvalue weighted by Crippen LogP contribution is 2.38. The van der Waals surface area contributed by atoms with Crippen LogP contribution in [0.3, 0.4) is 0 Å². The summed E-state index contributed by atoms with van der Waals surface area (Å²) in [7, 11) is 0. The van der Waals surface area contributed by atoms with Gasteiger partial charge in [0.1, 0.15) is 12.0 Å². The Morgan fingerprint density at radius 3 is 2.33 bits per heavy atom. The Kier molecular flexibility index (Phi) is 5.16. The van der Waals surface area contributed by atoms with E-state index in [1.165, 1.54) is 24.5 Å². The summed E-state index contributed by atoms with van der Waals surface area (Å²) in [6, 6.07) is 14.6. The van der Waals surface area contributed by atoms with Crippen LogP contribution >= 0.6 is 0 Å². The molecule has 3 rings (SSSR count). The number of aromatic nitrogens is 2. The zero-order valence-corrected chi connectivity index (χ0v) is 14.5. The van der Waals surface area contributed by atoms with Crippen molar-refractivity contribution in [1.29, 1.82) is 0 Å². The van der Waals surface area contributed by atoms with Crippen LogP contribution in [-0.4, -0.2) is 16.5 Å². The van der Waals surface area contributed by atoms with Gasteiger partial charge in [-0.3, -0.25) is 0 Å². The Labute approximate surface area is 154 Å². The Morgan fingerprint density at radius 2 is 1.67 bits per heavy atom. The fraction of sp³-hybridized carbons (Fsp3) is 0.158. The van der Waals surface area contributed by atoms with Crippen molar-refractivity contribution >= 4 is 28.7 Å². The fourth-order valence-electron chi connectivity index (χ4n) is 2.73. The van der Waals surface area contributed by atoms with E-state index in [1.807, 2.05) is 42.2 Å². The van der Waals surface area contributed by atoms with E-state index in [-0.39, 0.29) is 17.2 Å². The van der Waals surface area contributed by atoms with Crippen molar-refractivity contribution in [2.45, 2.75) is 13.1 Å². The zero-order chi connectivity index (χ0) is 19.4. The summed E-state index contributed by atoms with van der Waals surface area (Å²) in [5.41, 5.74) is 6.32. The molecule has 0 atom stereocenters. The predicted octanol–water partition coefficient (Wildman–Crippen LogP) is 4.98. The van der Waals surface area contributed by atoms with Crippen molar-refractivity contribution in [3.05, 3.63) is 66.5 Å². The number of hydrogen-bond acceptors (Lipinski definition) is 5. The van der Waals surface area contributed by atoms with E-state index >= 15 is 0 Å². The molecule has 0 saturated heterocycles. The molecule has 0 aliphatic carbocycles. The van der Waals surface area contributed by atoms with Crippen LogP contribution in [0.15, 0.2) is 60.9 Å². The molecule has 2 aromatic carbocycles. The normalized spacial score (nSPS) is 11.3. The molecule has 3 aromatic rings. The van der Waals surface area contributed by atoms with Crippen LogP contribution in [0.5, 0.6) is 0 Å². The van der Waals surface area contributed by atoms with Crippen LogP contribution in [-0.2, 0) is 6.18 Å². The van der Waals surface area contributed by atoms with Crippen molar-refractivity contribution in [3.8, 4) is 0 Å². The standard InChI is InChI=1S/C19H18F3N5/c1-2-27(13-8-4-3-5-9-13)18-16(23)17(24-12-25-18)26-15-11-7-6-10-14(15)19(20,21)22/h3-12H,2,23H2,1H3,(H,24,25,26). The second-order valence-corrected chi connectivity index (χ2v) is 5.71. The minimum atomic E-state index is -4.49. The number of hydrogen-bond donors (Lipinski definition) is 2. The number of halogens is 3. The quantitative estimate of drug-likeness (QED) is 0.660. The number of para-hydroxylation sites is 2. The van der Waals surface area contributed by atoms with E-state index in [0.29, 0.717) is 12.4 Å². The van der Waals surface area contributed by atoms with Gasteiger partial charge in [-0.15, -0.1) is 0 Å². The van der Waals surface area contributed by atoms with Crippen molar-refractivity contribution in [3.63, 3.8) is 0 Å². The maximum absolute atomic E-state index is 13.2. The average molecular weight is 373 g/mol. The lowest BCUT2D eigenvalue weighted by Gasteiger charge is -2.24. The number of anilines is 5. The molecule has 5 nitrogen and oxygen atoms in total. The van der Waals surface area contributed by atoms with Gasteiger partial charge in [0.05, 0.1) is 11.3 Å². The number of nitrogens with one attached hydrogen (secondary N) is 1. The third-order valence-corrected chi connectivity index (χ3v) is 3.99. The summed E-state index contributed by atoms with van der Waals surface area (Å²) in [5.74, 6) is 0.539. The molecule has 0 unspecified atom stereocenters. The number of nitrogen functional groups attached to an aromatic ring is 1. The Balaban J connectivity index is 2.00. The van der Waals surface area contributed by atoms with E-state index in [0.717, 1.165) is 11.8 Å². The van der Waals surface area contributed by atoms with Gasteiger partial charge < -0.3 is 16.0 Å². The minimum absolute atomic E-state index is 0.117. The van der Waals surface area contributed by atoms with Crippen molar-refractivity contribution in [2.75, 3.05) is 22.5 Å². The van der Waals surface area contributed by atoms with E-state index in [1.54, 1.807) is 0 Å². The maximum Gasteiger partial charge on any atom is 0.418 e. The molecule has 8 heteroatoms. The second-order valence-electron chi connectivity index (χ2n) is 5.71. The highest BCUT2D eigenvalue weighted by molar-refractivity contribution is 5.82. The SMILES string of the molecule is CCN(c1ccccc1)c1ncnc(Nc2ccccc2C(F)(F)F)c1N. The van der Waals surface area contributed by atoms with Crippen molar-refractivity contribution in [1.82, 2.24) is 9.97 Å². The summed E-state index contributed by atoms with van der Waals surface area (Å²) in [6.45, 7) is 2.50. The topological polar surface area (TPSA) is 67.1 Å². The van der Waals surface area contributed by atoms with E-state index < -0.39 is 11.7 Å². The van der Waals surface area contributed by atoms with E-state index in [2.05, 4.69) is 15.3 Å². The summed E-state index contributed by atoms with van der Waals surface area (Å²) >= 11 is 0. The van der Waals surface area contributed by atoms with Gasteiger partial charge in [0, 0.05) is 12.2 Å². The molecule has 0 spiro atoms. The van der Waals surface area contributed by atoms with Crippen LogP contribution in [0, 0.1) is 0 Å².